The van der Waals surface area contributed by atoms with Crippen molar-refractivity contribution in [3.63, 3.8) is 0 Å². The molecule has 1 aliphatic heterocycles. The predicted octanol–water partition coefficient (Wildman–Crippen LogP) is 5.00. The number of carbonyl (C=O) groups is 2. The highest BCUT2D eigenvalue weighted by Gasteiger charge is 2.48. The molecule has 1 atom stereocenters. The molecule has 31 heavy (non-hydrogen) atoms. The summed E-state index contributed by atoms with van der Waals surface area (Å²) >= 11 is 0. The number of ketones is 1. The number of carbonyl (C=O) groups excluding carboxylic acids is 2. The Hall–Kier alpha value is -4.06. The van der Waals surface area contributed by atoms with Crippen LogP contribution >= 0.6 is 0 Å². The van der Waals surface area contributed by atoms with E-state index in [4.69, 9.17) is 4.42 Å². The van der Waals surface area contributed by atoms with Crippen LogP contribution in [-0.4, -0.2) is 21.8 Å². The van der Waals surface area contributed by atoms with E-state index >= 15 is 0 Å². The Kier molecular flexibility index (Phi) is 4.29. The molecule has 1 fully saturated rings. The van der Waals surface area contributed by atoms with E-state index in [1.54, 1.807) is 24.4 Å². The molecule has 1 amide bonds. The van der Waals surface area contributed by atoms with Crippen LogP contribution in [0.15, 0.2) is 77.0 Å². The summed E-state index contributed by atoms with van der Waals surface area (Å²) in [7, 11) is 0. The lowest BCUT2D eigenvalue weighted by Gasteiger charge is -2.24. The van der Waals surface area contributed by atoms with Gasteiger partial charge in [-0.15, -0.1) is 0 Å². The van der Waals surface area contributed by atoms with Gasteiger partial charge in [-0.2, -0.15) is 0 Å². The molecule has 1 unspecified atom stereocenters. The summed E-state index contributed by atoms with van der Waals surface area (Å²) in [5.74, 6) is -1.28. The number of aliphatic hydroxyl groups is 1. The number of aromatic nitrogens is 1. The van der Waals surface area contributed by atoms with E-state index in [0.29, 0.717) is 17.0 Å². The lowest BCUT2D eigenvalue weighted by molar-refractivity contribution is -0.132. The maximum absolute atomic E-state index is 13.2. The Balaban J connectivity index is 1.74. The van der Waals surface area contributed by atoms with Crippen LogP contribution in [-0.2, 0) is 9.59 Å². The van der Waals surface area contributed by atoms with Crippen LogP contribution in [0.3, 0.4) is 0 Å². The molecule has 4 aromatic rings. The second-order valence-corrected chi connectivity index (χ2v) is 7.70. The number of anilines is 1. The molecule has 2 N–H and O–H groups in total. The number of amides is 1. The zero-order chi connectivity index (χ0) is 21.7. The predicted molar refractivity (Wildman–Crippen MR) is 118 cm³/mol. The van der Waals surface area contributed by atoms with E-state index in [0.717, 1.165) is 22.0 Å². The average Bonchev–Trinajstić information content (AvgIpc) is 3.49. The van der Waals surface area contributed by atoms with Gasteiger partial charge in [0.25, 0.3) is 11.7 Å². The van der Waals surface area contributed by atoms with Gasteiger partial charge in [-0.05, 0) is 55.3 Å². The molecule has 6 nitrogen and oxygen atoms in total. The van der Waals surface area contributed by atoms with Crippen LogP contribution in [0.5, 0.6) is 0 Å². The Bertz CT molecular complexity index is 1360. The number of aliphatic hydroxyl groups excluding tert-OH is 1. The second kappa shape index (κ2) is 7.02. The topological polar surface area (TPSA) is 86.5 Å². The number of aromatic amines is 1. The Labute approximate surface area is 178 Å². The Morgan fingerprint density at radius 3 is 2.58 bits per heavy atom. The number of nitrogens with one attached hydrogen (secondary N) is 1. The number of benzene rings is 2. The summed E-state index contributed by atoms with van der Waals surface area (Å²) < 4.78 is 5.61. The van der Waals surface area contributed by atoms with Gasteiger partial charge in [0.1, 0.15) is 17.6 Å². The standard InChI is InChI=1S/C25H20N2O4/c1-14-9-10-16(12-15(14)2)27-22(20-8-5-11-31-20)21(24(29)25(27)30)23(28)18-13-26-19-7-4-3-6-17(18)19/h3-13,22,26,28H,1-2H3/b23-21-. The third-order valence-corrected chi connectivity index (χ3v) is 5.87. The first kappa shape index (κ1) is 18.9. The molecule has 3 heterocycles. The van der Waals surface area contributed by atoms with Crippen LogP contribution in [0.4, 0.5) is 5.69 Å². The Morgan fingerprint density at radius 2 is 1.84 bits per heavy atom. The van der Waals surface area contributed by atoms with Crippen molar-refractivity contribution in [3.05, 3.63) is 95.1 Å². The molecular formula is C25H20N2O4. The maximum atomic E-state index is 13.2. The lowest BCUT2D eigenvalue weighted by Crippen LogP contribution is -2.29. The molecular weight excluding hydrogens is 392 g/mol. The van der Waals surface area contributed by atoms with Crippen molar-refractivity contribution in [1.82, 2.24) is 4.98 Å². The minimum atomic E-state index is -0.870. The van der Waals surface area contributed by atoms with Gasteiger partial charge < -0.3 is 14.5 Å². The van der Waals surface area contributed by atoms with Gasteiger partial charge in [-0.1, -0.05) is 24.3 Å². The van der Waals surface area contributed by atoms with Crippen molar-refractivity contribution in [3.8, 4) is 0 Å². The van der Waals surface area contributed by atoms with Gasteiger partial charge in [0.2, 0.25) is 0 Å². The molecule has 2 aromatic heterocycles. The van der Waals surface area contributed by atoms with Gasteiger partial charge in [-0.3, -0.25) is 14.5 Å². The molecule has 0 bridgehead atoms. The van der Waals surface area contributed by atoms with Crippen molar-refractivity contribution in [1.29, 1.82) is 0 Å². The van der Waals surface area contributed by atoms with Gasteiger partial charge in [-0.25, -0.2) is 0 Å². The summed E-state index contributed by atoms with van der Waals surface area (Å²) in [5, 5.41) is 12.0. The molecule has 0 saturated carbocycles. The number of nitrogens with zero attached hydrogens (tertiary/aromatic N) is 1. The zero-order valence-electron chi connectivity index (χ0n) is 17.0. The van der Waals surface area contributed by atoms with E-state index in [1.165, 1.54) is 11.2 Å². The number of H-pyrrole nitrogens is 1. The first-order valence-electron chi connectivity index (χ1n) is 9.95. The molecule has 5 rings (SSSR count). The summed E-state index contributed by atoms with van der Waals surface area (Å²) in [6.07, 6.45) is 3.13. The number of hydrogen-bond acceptors (Lipinski definition) is 4. The highest BCUT2D eigenvalue weighted by Crippen LogP contribution is 2.43. The first-order chi connectivity index (χ1) is 15.0. The zero-order valence-corrected chi connectivity index (χ0v) is 17.0. The van der Waals surface area contributed by atoms with Gasteiger partial charge >= 0.3 is 0 Å². The van der Waals surface area contributed by atoms with E-state index in [1.807, 2.05) is 50.2 Å². The second-order valence-electron chi connectivity index (χ2n) is 7.70. The molecule has 154 valence electrons. The van der Waals surface area contributed by atoms with E-state index in [-0.39, 0.29) is 11.3 Å². The number of hydrogen-bond donors (Lipinski definition) is 2. The van der Waals surface area contributed by atoms with Gasteiger partial charge in [0.15, 0.2) is 0 Å². The molecule has 2 aromatic carbocycles. The molecule has 0 radical (unpaired) electrons. The molecule has 0 aliphatic carbocycles. The monoisotopic (exact) mass is 412 g/mol. The molecule has 0 spiro atoms. The number of Topliss-reactive ketones (excluding diaryl/α,β-unsaturated/α-hetero) is 1. The fourth-order valence-corrected chi connectivity index (χ4v) is 4.10. The average molecular weight is 412 g/mol. The van der Waals surface area contributed by atoms with Crippen LogP contribution in [0.1, 0.15) is 28.5 Å². The van der Waals surface area contributed by atoms with E-state index in [2.05, 4.69) is 4.98 Å². The summed E-state index contributed by atoms with van der Waals surface area (Å²) in [6, 6.07) is 15.6. The highest BCUT2D eigenvalue weighted by molar-refractivity contribution is 6.51. The molecule has 1 aliphatic rings. The van der Waals surface area contributed by atoms with E-state index < -0.39 is 17.7 Å². The maximum Gasteiger partial charge on any atom is 0.300 e. The third kappa shape index (κ3) is 2.87. The summed E-state index contributed by atoms with van der Waals surface area (Å²) in [6.45, 7) is 3.93. The number of aryl methyl sites for hydroxylation is 2. The largest absolute Gasteiger partial charge is 0.507 e. The van der Waals surface area contributed by atoms with Crippen LogP contribution in [0.25, 0.3) is 16.7 Å². The molecule has 1 saturated heterocycles. The minimum absolute atomic E-state index is 0.00271. The fourth-order valence-electron chi connectivity index (χ4n) is 4.10. The quantitative estimate of drug-likeness (QED) is 0.282. The first-order valence-corrected chi connectivity index (χ1v) is 9.95. The van der Waals surface area contributed by atoms with Gasteiger partial charge in [0.05, 0.1) is 11.8 Å². The smallest absolute Gasteiger partial charge is 0.300 e. The Morgan fingerprint density at radius 1 is 1.03 bits per heavy atom. The highest BCUT2D eigenvalue weighted by atomic mass is 16.3. The number of rotatable bonds is 3. The van der Waals surface area contributed by atoms with Crippen LogP contribution < -0.4 is 4.90 Å². The van der Waals surface area contributed by atoms with Crippen molar-refractivity contribution in [2.75, 3.05) is 4.90 Å². The lowest BCUT2D eigenvalue weighted by atomic mass is 9.98. The number of fused-ring (bicyclic) bond motifs is 1. The van der Waals surface area contributed by atoms with Crippen molar-refractivity contribution >= 4 is 34.0 Å². The fraction of sp³-hybridized carbons (Fsp3) is 0.120. The third-order valence-electron chi connectivity index (χ3n) is 5.87. The summed E-state index contributed by atoms with van der Waals surface area (Å²) in [4.78, 5) is 30.8. The van der Waals surface area contributed by atoms with Crippen LogP contribution in [0, 0.1) is 13.8 Å². The number of furan rings is 1. The molecule has 6 heteroatoms. The van der Waals surface area contributed by atoms with Crippen molar-refractivity contribution < 1.29 is 19.1 Å². The minimum Gasteiger partial charge on any atom is -0.507 e. The summed E-state index contributed by atoms with van der Waals surface area (Å²) in [5.41, 5.74) is 3.93. The van der Waals surface area contributed by atoms with Crippen molar-refractivity contribution in [2.45, 2.75) is 19.9 Å². The van der Waals surface area contributed by atoms with Crippen LogP contribution in [0.2, 0.25) is 0 Å². The normalized spacial score (nSPS) is 18.3. The number of para-hydroxylation sites is 1. The van der Waals surface area contributed by atoms with Gasteiger partial charge in [0, 0.05) is 28.4 Å². The SMILES string of the molecule is Cc1ccc(N2C(=O)C(=O)/C(=C(\O)c3c[nH]c4ccccc34)C2c2ccco2)cc1C. The van der Waals surface area contributed by atoms with Crippen molar-refractivity contribution in [2.24, 2.45) is 0 Å². The van der Waals surface area contributed by atoms with E-state index in [9.17, 15) is 14.7 Å².